The van der Waals surface area contributed by atoms with Crippen LogP contribution in [0.4, 0.5) is 0 Å². The molecule has 0 radical (unpaired) electrons. The van der Waals surface area contributed by atoms with Crippen molar-refractivity contribution in [2.45, 2.75) is 52.6 Å². The summed E-state index contributed by atoms with van der Waals surface area (Å²) in [7, 11) is 0. The van der Waals surface area contributed by atoms with E-state index in [-0.39, 0.29) is 38.8 Å². The van der Waals surface area contributed by atoms with E-state index >= 15 is 0 Å². The van der Waals surface area contributed by atoms with Gasteiger partial charge >= 0.3 is 5.97 Å². The van der Waals surface area contributed by atoms with E-state index in [4.69, 9.17) is 39.5 Å². The second-order valence-electron chi connectivity index (χ2n) is 6.43. The van der Waals surface area contributed by atoms with E-state index in [9.17, 15) is 4.79 Å². The molecule has 0 aliphatic heterocycles. The van der Waals surface area contributed by atoms with Gasteiger partial charge in [-0.05, 0) is 30.6 Å². The molecule has 2 saturated carbocycles. The van der Waals surface area contributed by atoms with Gasteiger partial charge in [0.05, 0.1) is 11.5 Å². The fourth-order valence-corrected chi connectivity index (χ4v) is 3.95. The van der Waals surface area contributed by atoms with E-state index in [0.29, 0.717) is 5.92 Å². The number of carbonyl (C=O) groups is 1. The van der Waals surface area contributed by atoms with Crippen LogP contribution in [-0.2, 0) is 9.53 Å². The van der Waals surface area contributed by atoms with Crippen LogP contribution in [0.25, 0.3) is 0 Å². The first-order valence-electron chi connectivity index (χ1n) is 6.57. The molecule has 0 unspecified atom stereocenters. The second kappa shape index (κ2) is 5.13. The molecule has 2 nitrogen and oxygen atoms in total. The molecule has 0 N–H and O–H groups in total. The number of hydrogen-bond donors (Lipinski definition) is 0. The van der Waals surface area contributed by atoms with Gasteiger partial charge in [-0.2, -0.15) is 0 Å². The van der Waals surface area contributed by atoms with Gasteiger partial charge in [-0.25, -0.2) is 0 Å². The summed E-state index contributed by atoms with van der Waals surface area (Å²) in [5.74, 6) is 0.288. The van der Waals surface area contributed by atoms with Crippen LogP contribution in [0.5, 0.6) is 0 Å². The van der Waals surface area contributed by atoms with Crippen molar-refractivity contribution >= 4 is 40.8 Å². The Balaban J connectivity index is 2.03. The predicted molar refractivity (Wildman–Crippen MR) is 78.3 cm³/mol. The number of ether oxygens (including phenoxy) is 1. The van der Waals surface area contributed by atoms with Gasteiger partial charge in [0.1, 0.15) is 10.6 Å². The van der Waals surface area contributed by atoms with Crippen LogP contribution in [0.3, 0.4) is 0 Å². The topological polar surface area (TPSA) is 26.3 Å². The van der Waals surface area contributed by atoms with Gasteiger partial charge in [0.25, 0.3) is 0 Å². The summed E-state index contributed by atoms with van der Waals surface area (Å²) in [5, 5.41) is 0.140. The van der Waals surface area contributed by atoms with Crippen LogP contribution in [0.1, 0.15) is 46.5 Å². The van der Waals surface area contributed by atoms with Gasteiger partial charge in [-0.15, -0.1) is 0 Å². The molecule has 2 bridgehead atoms. The summed E-state index contributed by atoms with van der Waals surface area (Å²) < 4.78 is 5.56. The van der Waals surface area contributed by atoms with Crippen molar-refractivity contribution in [1.29, 1.82) is 0 Å². The molecule has 2 fully saturated rings. The lowest BCUT2D eigenvalue weighted by molar-refractivity contribution is -0.155. The fourth-order valence-electron chi connectivity index (χ4n) is 3.70. The van der Waals surface area contributed by atoms with Crippen molar-refractivity contribution in [2.24, 2.45) is 16.7 Å². The van der Waals surface area contributed by atoms with Crippen molar-refractivity contribution in [3.63, 3.8) is 0 Å². The first-order valence-corrected chi connectivity index (χ1v) is 7.71. The summed E-state index contributed by atoms with van der Waals surface area (Å²) >= 11 is 16.8. The van der Waals surface area contributed by atoms with Gasteiger partial charge in [0.2, 0.25) is 0 Å². The third-order valence-electron chi connectivity index (χ3n) is 5.49. The monoisotopic (exact) mass is 324 g/mol. The lowest BCUT2D eigenvalue weighted by Gasteiger charge is -2.38. The van der Waals surface area contributed by atoms with Gasteiger partial charge in [-0.3, -0.25) is 4.79 Å². The Labute approximate surface area is 129 Å². The smallest absolute Gasteiger partial charge is 0.311 e. The fraction of sp³-hybridized carbons (Fsp3) is 0.786. The van der Waals surface area contributed by atoms with Crippen LogP contribution in [0, 0.1) is 16.7 Å². The number of esters is 1. The minimum atomic E-state index is -0.349. The maximum Gasteiger partial charge on any atom is 0.311 e. The van der Waals surface area contributed by atoms with E-state index in [1.165, 1.54) is 6.42 Å². The zero-order valence-corrected chi connectivity index (χ0v) is 13.7. The maximum atomic E-state index is 11.9. The third kappa shape index (κ3) is 2.52. The molecular formula is C14H19Cl3O2. The average molecular weight is 326 g/mol. The highest BCUT2D eigenvalue weighted by Crippen LogP contribution is 2.66. The van der Waals surface area contributed by atoms with Crippen LogP contribution in [-0.4, -0.2) is 12.1 Å². The van der Waals surface area contributed by atoms with Crippen LogP contribution >= 0.6 is 34.8 Å². The Morgan fingerprint density at radius 2 is 1.89 bits per heavy atom. The van der Waals surface area contributed by atoms with Crippen LogP contribution < -0.4 is 0 Å². The molecule has 0 amide bonds. The van der Waals surface area contributed by atoms with Gasteiger partial charge < -0.3 is 4.74 Å². The normalized spacial score (nSPS) is 35.3. The molecule has 0 heterocycles. The van der Waals surface area contributed by atoms with Crippen molar-refractivity contribution in [1.82, 2.24) is 0 Å². The Bertz CT molecular complexity index is 426. The lowest BCUT2D eigenvalue weighted by Crippen LogP contribution is -2.38. The third-order valence-corrected chi connectivity index (χ3v) is 6.46. The Morgan fingerprint density at radius 1 is 1.26 bits per heavy atom. The Hall–Kier alpha value is 0.0800. The highest BCUT2D eigenvalue weighted by Gasteiger charge is 2.62. The zero-order chi connectivity index (χ0) is 14.4. The van der Waals surface area contributed by atoms with Gasteiger partial charge in [0.15, 0.2) is 0 Å². The van der Waals surface area contributed by atoms with E-state index in [2.05, 4.69) is 20.8 Å². The molecule has 5 heteroatoms. The predicted octanol–water partition coefficient (Wildman–Crippen LogP) is 5.02. The number of halogens is 3. The summed E-state index contributed by atoms with van der Waals surface area (Å²) in [5.41, 5.74) is 0.288. The molecule has 3 atom stereocenters. The summed E-state index contributed by atoms with van der Waals surface area (Å²) in [6.45, 7) is 6.78. The summed E-state index contributed by atoms with van der Waals surface area (Å²) in [6, 6.07) is 0. The lowest BCUT2D eigenvalue weighted by atomic mass is 9.70. The SMILES string of the molecule is CC1(C)[C@@H]2CC[C@]1(C)[C@H](OC(=O)CC(Cl)=C(Cl)Cl)C2. The molecule has 0 aromatic carbocycles. The van der Waals surface area contributed by atoms with Crippen molar-refractivity contribution in [2.75, 3.05) is 0 Å². The van der Waals surface area contributed by atoms with Gasteiger partial charge in [-0.1, -0.05) is 55.6 Å². The number of fused-ring (bicyclic) bond motifs is 2. The minimum absolute atomic E-state index is 0.0210. The van der Waals surface area contributed by atoms with E-state index in [0.717, 1.165) is 12.8 Å². The molecule has 19 heavy (non-hydrogen) atoms. The largest absolute Gasteiger partial charge is 0.461 e. The van der Waals surface area contributed by atoms with Crippen molar-refractivity contribution in [3.05, 3.63) is 9.52 Å². The molecular weight excluding hydrogens is 307 g/mol. The number of carbonyl (C=O) groups excluding carboxylic acids is 1. The number of rotatable bonds is 3. The van der Waals surface area contributed by atoms with Crippen molar-refractivity contribution < 1.29 is 9.53 Å². The maximum absolute atomic E-state index is 11.9. The molecule has 0 spiro atoms. The Morgan fingerprint density at radius 3 is 2.32 bits per heavy atom. The quantitative estimate of drug-likeness (QED) is 0.681. The summed E-state index contributed by atoms with van der Waals surface area (Å²) in [6.07, 6.45) is 3.22. The molecule has 0 aromatic rings. The second-order valence-corrected chi connectivity index (χ2v) is 7.84. The van der Waals surface area contributed by atoms with Crippen molar-refractivity contribution in [3.8, 4) is 0 Å². The minimum Gasteiger partial charge on any atom is -0.461 e. The molecule has 0 aromatic heterocycles. The molecule has 0 saturated heterocycles. The van der Waals surface area contributed by atoms with E-state index < -0.39 is 0 Å². The molecule has 2 aliphatic carbocycles. The highest BCUT2D eigenvalue weighted by atomic mass is 35.5. The zero-order valence-electron chi connectivity index (χ0n) is 11.4. The summed E-state index contributed by atoms with van der Waals surface area (Å²) in [4.78, 5) is 11.9. The molecule has 2 aliphatic rings. The van der Waals surface area contributed by atoms with E-state index in [1.807, 2.05) is 0 Å². The van der Waals surface area contributed by atoms with Gasteiger partial charge in [0, 0.05) is 5.41 Å². The van der Waals surface area contributed by atoms with Crippen LogP contribution in [0.15, 0.2) is 9.52 Å². The first kappa shape index (κ1) is 15.5. The first-order chi connectivity index (χ1) is 8.68. The standard InChI is InChI=1S/C14H19Cl3O2/c1-13(2)8-4-5-14(13,3)10(6-8)19-11(18)7-9(15)12(16)17/h8,10H,4-7H2,1-3H3/t8-,10-,14-/m1/s1. The molecule has 108 valence electrons. The van der Waals surface area contributed by atoms with E-state index in [1.54, 1.807) is 0 Å². The van der Waals surface area contributed by atoms with Crippen LogP contribution in [0.2, 0.25) is 0 Å². The molecule has 2 rings (SSSR count). The Kier molecular flexibility index (Phi) is 4.17. The average Bonchev–Trinajstić information content (AvgIpc) is 2.61. The number of hydrogen-bond acceptors (Lipinski definition) is 2. The highest BCUT2D eigenvalue weighted by molar-refractivity contribution is 6.59.